The average Bonchev–Trinajstić information content (AvgIpc) is 2.80. The molecule has 0 aromatic rings. The van der Waals surface area contributed by atoms with E-state index in [1.807, 2.05) is 0 Å². The molecule has 0 spiro atoms. The molecule has 0 bridgehead atoms. The fraction of sp³-hybridized carbons (Fsp3) is 0.889. The van der Waals surface area contributed by atoms with Crippen LogP contribution in [0.2, 0.25) is 0 Å². The highest BCUT2D eigenvalue weighted by molar-refractivity contribution is 8.00. The lowest BCUT2D eigenvalue weighted by Gasteiger charge is -2.12. The van der Waals surface area contributed by atoms with E-state index < -0.39 is 27.7 Å². The van der Waals surface area contributed by atoms with Crippen molar-refractivity contribution < 1.29 is 27.3 Å². The van der Waals surface area contributed by atoms with Gasteiger partial charge in [-0.1, -0.05) is 11.8 Å². The number of rotatable bonds is 7. The van der Waals surface area contributed by atoms with Gasteiger partial charge in [0.25, 0.3) is 0 Å². The second-order valence-corrected chi connectivity index (χ2v) is 6.89. The van der Waals surface area contributed by atoms with E-state index in [9.17, 15) is 22.2 Å². The number of aliphatic carboxylic acids is 1. The summed E-state index contributed by atoms with van der Waals surface area (Å²) in [7, 11) is -1.36. The zero-order valence-electron chi connectivity index (χ0n) is 8.96. The highest BCUT2D eigenvalue weighted by Crippen LogP contribution is 2.49. The predicted octanol–water partition coefficient (Wildman–Crippen LogP) is 2.24. The number of hydrogen-bond donors (Lipinski definition) is 1. The topological polar surface area (TPSA) is 54.4 Å². The first-order chi connectivity index (χ1) is 7.72. The molecular formula is C9H13F3O3S2. The van der Waals surface area contributed by atoms with Crippen LogP contribution in [-0.2, 0) is 15.6 Å². The molecule has 0 aromatic carbocycles. The van der Waals surface area contributed by atoms with Crippen molar-refractivity contribution in [2.45, 2.75) is 24.8 Å². The van der Waals surface area contributed by atoms with E-state index in [4.69, 9.17) is 5.11 Å². The van der Waals surface area contributed by atoms with Crippen LogP contribution in [0.3, 0.4) is 0 Å². The van der Waals surface area contributed by atoms with E-state index in [-0.39, 0.29) is 35.4 Å². The summed E-state index contributed by atoms with van der Waals surface area (Å²) in [4.78, 5) is 10.5. The monoisotopic (exact) mass is 290 g/mol. The van der Waals surface area contributed by atoms with Gasteiger partial charge in [0.2, 0.25) is 0 Å². The fourth-order valence-electron chi connectivity index (χ4n) is 1.53. The third-order valence-electron chi connectivity index (χ3n) is 2.53. The molecule has 1 aliphatic carbocycles. The molecule has 17 heavy (non-hydrogen) atoms. The first-order valence-corrected chi connectivity index (χ1v) is 7.47. The Hall–Kier alpha value is -0.240. The lowest BCUT2D eigenvalue weighted by molar-refractivity contribution is -0.138. The maximum absolute atomic E-state index is 11.8. The first-order valence-electron chi connectivity index (χ1n) is 5.00. The Labute approximate surface area is 104 Å². The van der Waals surface area contributed by atoms with Gasteiger partial charge in [0.1, 0.15) is 0 Å². The minimum absolute atomic E-state index is 0.0362. The number of carbonyl (C=O) groups is 1. The van der Waals surface area contributed by atoms with Gasteiger partial charge in [0, 0.05) is 28.1 Å². The van der Waals surface area contributed by atoms with E-state index in [1.54, 1.807) is 0 Å². The summed E-state index contributed by atoms with van der Waals surface area (Å²) in [5, 5.41) is 8.63. The van der Waals surface area contributed by atoms with Crippen molar-refractivity contribution in [3.8, 4) is 0 Å². The molecule has 100 valence electrons. The molecule has 0 radical (unpaired) electrons. The summed E-state index contributed by atoms with van der Waals surface area (Å²) in [6.45, 7) is 0. The first kappa shape index (κ1) is 14.8. The van der Waals surface area contributed by atoms with E-state index >= 15 is 0 Å². The SMILES string of the molecule is O=C(O)CC1(CS(=O)CCSC(F)(F)F)CC1. The van der Waals surface area contributed by atoms with Crippen LogP contribution in [0.1, 0.15) is 19.3 Å². The van der Waals surface area contributed by atoms with E-state index in [0.29, 0.717) is 12.8 Å². The summed E-state index contributed by atoms with van der Waals surface area (Å²) >= 11 is -0.187. The van der Waals surface area contributed by atoms with Crippen LogP contribution in [0.15, 0.2) is 0 Å². The molecule has 1 unspecified atom stereocenters. The molecule has 0 saturated heterocycles. The van der Waals surface area contributed by atoms with Crippen LogP contribution in [0, 0.1) is 5.41 Å². The molecule has 8 heteroatoms. The molecule has 0 heterocycles. The van der Waals surface area contributed by atoms with Crippen LogP contribution in [-0.4, -0.2) is 38.1 Å². The average molecular weight is 290 g/mol. The Bertz CT molecular complexity index is 313. The van der Waals surface area contributed by atoms with Gasteiger partial charge >= 0.3 is 11.5 Å². The highest BCUT2D eigenvalue weighted by atomic mass is 32.2. The van der Waals surface area contributed by atoms with Crippen LogP contribution < -0.4 is 0 Å². The van der Waals surface area contributed by atoms with Gasteiger partial charge < -0.3 is 5.11 Å². The number of carboxylic acid groups (broad SMARTS) is 1. The number of alkyl halides is 3. The molecule has 0 amide bonds. The molecule has 1 saturated carbocycles. The molecule has 3 nitrogen and oxygen atoms in total. The minimum Gasteiger partial charge on any atom is -0.481 e. The standard InChI is InChI=1S/C9H13F3O3S2/c10-9(11,12)16-3-4-17(15)6-8(1-2-8)5-7(13)14/h1-6H2,(H,13,14). The second kappa shape index (κ2) is 5.60. The van der Waals surface area contributed by atoms with E-state index in [1.165, 1.54) is 0 Å². The summed E-state index contributed by atoms with van der Waals surface area (Å²) in [5.41, 5.74) is -4.71. The summed E-state index contributed by atoms with van der Waals surface area (Å²) in [5.74, 6) is -1.01. The molecule has 0 aliphatic heterocycles. The number of thioether (sulfide) groups is 1. The molecular weight excluding hydrogens is 277 g/mol. The van der Waals surface area contributed by atoms with Gasteiger partial charge in [-0.2, -0.15) is 13.2 Å². The third-order valence-corrected chi connectivity index (χ3v) is 5.12. The van der Waals surface area contributed by atoms with E-state index in [2.05, 4.69) is 0 Å². The van der Waals surface area contributed by atoms with Crippen molar-refractivity contribution in [2.24, 2.45) is 5.41 Å². The summed E-state index contributed by atoms with van der Waals surface area (Å²) in [6, 6.07) is 0. The van der Waals surface area contributed by atoms with Gasteiger partial charge in [0.15, 0.2) is 0 Å². The third kappa shape index (κ3) is 6.30. The van der Waals surface area contributed by atoms with Gasteiger partial charge in [-0.05, 0) is 18.3 Å². The van der Waals surface area contributed by atoms with Gasteiger partial charge in [-0.25, -0.2) is 0 Å². The zero-order valence-corrected chi connectivity index (χ0v) is 10.6. The number of carboxylic acids is 1. The molecule has 1 aliphatic rings. The van der Waals surface area contributed by atoms with Crippen molar-refractivity contribution in [1.29, 1.82) is 0 Å². The Balaban J connectivity index is 2.24. The Kier molecular flexibility index (Phi) is 4.88. The Morgan fingerprint density at radius 3 is 2.41 bits per heavy atom. The molecule has 1 N–H and O–H groups in total. The van der Waals surface area contributed by atoms with Gasteiger partial charge in [-0.3, -0.25) is 9.00 Å². The van der Waals surface area contributed by atoms with Gasteiger partial charge in [-0.15, -0.1) is 0 Å². The van der Waals surface area contributed by atoms with Crippen molar-refractivity contribution >= 4 is 28.5 Å². The van der Waals surface area contributed by atoms with Crippen LogP contribution >= 0.6 is 11.8 Å². The van der Waals surface area contributed by atoms with Crippen molar-refractivity contribution in [2.75, 3.05) is 17.3 Å². The summed E-state index contributed by atoms with van der Waals surface area (Å²) in [6.07, 6.45) is 1.38. The normalized spacial score (nSPS) is 19.9. The van der Waals surface area contributed by atoms with E-state index in [0.717, 1.165) is 0 Å². The predicted molar refractivity (Wildman–Crippen MR) is 60.3 cm³/mol. The Morgan fingerprint density at radius 1 is 1.41 bits per heavy atom. The molecule has 1 atom stereocenters. The second-order valence-electron chi connectivity index (χ2n) is 4.15. The molecule has 0 aromatic heterocycles. The fourth-order valence-corrected chi connectivity index (χ4v) is 4.06. The molecule has 1 rings (SSSR count). The van der Waals surface area contributed by atoms with Crippen LogP contribution in [0.5, 0.6) is 0 Å². The zero-order chi connectivity index (χ0) is 13.1. The van der Waals surface area contributed by atoms with Crippen molar-refractivity contribution in [1.82, 2.24) is 0 Å². The quantitative estimate of drug-likeness (QED) is 0.781. The maximum atomic E-state index is 11.8. The van der Waals surface area contributed by atoms with Crippen molar-refractivity contribution in [3.63, 3.8) is 0 Å². The largest absolute Gasteiger partial charge is 0.481 e. The Morgan fingerprint density at radius 2 is 2.00 bits per heavy atom. The van der Waals surface area contributed by atoms with Crippen LogP contribution in [0.25, 0.3) is 0 Å². The lowest BCUT2D eigenvalue weighted by Crippen LogP contribution is -2.19. The molecule has 1 fully saturated rings. The smallest absolute Gasteiger partial charge is 0.441 e. The lowest BCUT2D eigenvalue weighted by atomic mass is 10.1. The number of halogens is 3. The highest BCUT2D eigenvalue weighted by Gasteiger charge is 2.45. The minimum atomic E-state index is -4.29. The summed E-state index contributed by atoms with van der Waals surface area (Å²) < 4.78 is 46.9. The van der Waals surface area contributed by atoms with Gasteiger partial charge in [0.05, 0.1) is 6.42 Å². The maximum Gasteiger partial charge on any atom is 0.441 e. The van der Waals surface area contributed by atoms with Crippen LogP contribution in [0.4, 0.5) is 13.2 Å². The van der Waals surface area contributed by atoms with Crippen molar-refractivity contribution in [3.05, 3.63) is 0 Å². The number of hydrogen-bond acceptors (Lipinski definition) is 3.